The van der Waals surface area contributed by atoms with E-state index in [2.05, 4.69) is 10.3 Å². The van der Waals surface area contributed by atoms with Gasteiger partial charge in [-0.05, 0) is 25.7 Å². The summed E-state index contributed by atoms with van der Waals surface area (Å²) in [6.45, 7) is 2.70. The highest BCUT2D eigenvalue weighted by Crippen LogP contribution is 2.27. The minimum Gasteiger partial charge on any atom is -0.380 e. The molecular formula is C11H16N2OS. The second-order valence-corrected chi connectivity index (χ2v) is 5.44. The van der Waals surface area contributed by atoms with Crippen LogP contribution in [0.4, 0.5) is 0 Å². The zero-order chi connectivity index (χ0) is 10.1. The van der Waals surface area contributed by atoms with Crippen molar-refractivity contribution in [3.63, 3.8) is 0 Å². The highest BCUT2D eigenvalue weighted by atomic mass is 32.1. The van der Waals surface area contributed by atoms with Crippen molar-refractivity contribution in [1.29, 1.82) is 0 Å². The molecule has 1 aromatic heterocycles. The Balaban J connectivity index is 1.57. The van der Waals surface area contributed by atoms with Crippen LogP contribution in [-0.2, 0) is 24.1 Å². The van der Waals surface area contributed by atoms with Gasteiger partial charge >= 0.3 is 0 Å². The fourth-order valence-corrected chi connectivity index (χ4v) is 3.35. The van der Waals surface area contributed by atoms with Crippen molar-refractivity contribution in [2.75, 3.05) is 13.2 Å². The number of nitrogens with one attached hydrogen (secondary N) is 1. The SMILES string of the molecule is C1Cc2nc(CNC3CCOC3)sc2C1. The summed E-state index contributed by atoms with van der Waals surface area (Å²) in [5.41, 5.74) is 1.36. The Hall–Kier alpha value is -0.450. The van der Waals surface area contributed by atoms with E-state index in [-0.39, 0.29) is 0 Å². The van der Waals surface area contributed by atoms with Crippen molar-refractivity contribution in [1.82, 2.24) is 10.3 Å². The molecule has 2 heterocycles. The van der Waals surface area contributed by atoms with Crippen LogP contribution in [0.1, 0.15) is 28.4 Å². The Bertz CT molecular complexity index is 323. The first-order valence-electron chi connectivity index (χ1n) is 5.70. The van der Waals surface area contributed by atoms with Gasteiger partial charge in [0.2, 0.25) is 0 Å². The number of thiazole rings is 1. The number of ether oxygens (including phenoxy) is 1. The third kappa shape index (κ3) is 2.07. The molecule has 1 aliphatic carbocycles. The average Bonchev–Trinajstić information content (AvgIpc) is 2.91. The lowest BCUT2D eigenvalue weighted by molar-refractivity contribution is 0.190. The van der Waals surface area contributed by atoms with Crippen LogP contribution in [-0.4, -0.2) is 24.2 Å². The molecule has 1 atom stereocenters. The molecule has 0 saturated carbocycles. The molecule has 1 saturated heterocycles. The second-order valence-electron chi connectivity index (χ2n) is 4.27. The molecule has 0 amide bonds. The first-order valence-corrected chi connectivity index (χ1v) is 6.52. The Morgan fingerprint density at radius 1 is 1.47 bits per heavy atom. The van der Waals surface area contributed by atoms with Crippen molar-refractivity contribution in [3.8, 4) is 0 Å². The van der Waals surface area contributed by atoms with Gasteiger partial charge in [-0.3, -0.25) is 0 Å². The van der Waals surface area contributed by atoms with Crippen LogP contribution >= 0.6 is 11.3 Å². The van der Waals surface area contributed by atoms with Gasteiger partial charge < -0.3 is 10.1 Å². The zero-order valence-electron chi connectivity index (χ0n) is 8.79. The average molecular weight is 224 g/mol. The van der Waals surface area contributed by atoms with Gasteiger partial charge in [-0.25, -0.2) is 4.98 Å². The Labute approximate surface area is 93.9 Å². The van der Waals surface area contributed by atoms with Gasteiger partial charge in [0.05, 0.1) is 12.3 Å². The molecule has 0 radical (unpaired) electrons. The number of nitrogens with zero attached hydrogens (tertiary/aromatic N) is 1. The highest BCUT2D eigenvalue weighted by Gasteiger charge is 2.18. The van der Waals surface area contributed by atoms with Gasteiger partial charge in [-0.15, -0.1) is 11.3 Å². The maximum Gasteiger partial charge on any atom is 0.107 e. The normalized spacial score (nSPS) is 24.7. The van der Waals surface area contributed by atoms with E-state index in [1.54, 1.807) is 0 Å². The van der Waals surface area contributed by atoms with Crippen molar-refractivity contribution in [2.45, 2.75) is 38.3 Å². The summed E-state index contributed by atoms with van der Waals surface area (Å²) in [7, 11) is 0. The Morgan fingerprint density at radius 2 is 2.47 bits per heavy atom. The van der Waals surface area contributed by atoms with E-state index < -0.39 is 0 Å². The largest absolute Gasteiger partial charge is 0.380 e. The maximum absolute atomic E-state index is 5.33. The summed E-state index contributed by atoms with van der Waals surface area (Å²) in [5.74, 6) is 0. The number of hydrogen-bond donors (Lipinski definition) is 1. The second kappa shape index (κ2) is 4.20. The number of fused-ring (bicyclic) bond motifs is 1. The molecule has 1 fully saturated rings. The topological polar surface area (TPSA) is 34.2 Å². The molecule has 0 spiro atoms. The quantitative estimate of drug-likeness (QED) is 0.845. The lowest BCUT2D eigenvalue weighted by Gasteiger charge is -2.07. The van der Waals surface area contributed by atoms with E-state index in [9.17, 15) is 0 Å². The molecular weight excluding hydrogens is 208 g/mol. The van der Waals surface area contributed by atoms with Gasteiger partial charge in [0.15, 0.2) is 0 Å². The highest BCUT2D eigenvalue weighted by molar-refractivity contribution is 7.11. The van der Waals surface area contributed by atoms with Gasteiger partial charge in [0, 0.05) is 24.1 Å². The molecule has 0 aromatic carbocycles. The zero-order valence-corrected chi connectivity index (χ0v) is 9.61. The van der Waals surface area contributed by atoms with Crippen molar-refractivity contribution >= 4 is 11.3 Å². The van der Waals surface area contributed by atoms with E-state index in [4.69, 9.17) is 4.74 Å². The van der Waals surface area contributed by atoms with Crippen molar-refractivity contribution < 1.29 is 4.74 Å². The summed E-state index contributed by atoms with van der Waals surface area (Å²) in [4.78, 5) is 6.19. The van der Waals surface area contributed by atoms with E-state index in [0.717, 1.165) is 26.2 Å². The minimum atomic E-state index is 0.545. The molecule has 3 rings (SSSR count). The lowest BCUT2D eigenvalue weighted by atomic mass is 10.3. The molecule has 1 aromatic rings. The summed E-state index contributed by atoms with van der Waals surface area (Å²) >= 11 is 1.89. The van der Waals surface area contributed by atoms with Crippen molar-refractivity contribution in [2.24, 2.45) is 0 Å². The predicted octanol–water partition coefficient (Wildman–Crippen LogP) is 1.51. The first-order chi connectivity index (χ1) is 7.42. The number of aryl methyl sites for hydroxylation is 2. The fourth-order valence-electron chi connectivity index (χ4n) is 2.25. The van der Waals surface area contributed by atoms with Crippen LogP contribution in [0.25, 0.3) is 0 Å². The van der Waals surface area contributed by atoms with E-state index in [1.807, 2.05) is 11.3 Å². The molecule has 15 heavy (non-hydrogen) atoms. The third-order valence-electron chi connectivity index (χ3n) is 3.11. The standard InChI is InChI=1S/C11H16N2OS/c1-2-9-10(3-1)15-11(13-9)6-12-8-4-5-14-7-8/h8,12H,1-7H2. The number of rotatable bonds is 3. The molecule has 0 bridgehead atoms. The molecule has 2 aliphatic rings. The fraction of sp³-hybridized carbons (Fsp3) is 0.727. The molecule has 82 valence electrons. The predicted molar refractivity (Wildman–Crippen MR) is 60.2 cm³/mol. The minimum absolute atomic E-state index is 0.545. The van der Waals surface area contributed by atoms with Crippen LogP contribution in [0.15, 0.2) is 0 Å². The maximum atomic E-state index is 5.33. The molecule has 1 unspecified atom stereocenters. The number of hydrogen-bond acceptors (Lipinski definition) is 4. The van der Waals surface area contributed by atoms with Crippen LogP contribution < -0.4 is 5.32 Å². The van der Waals surface area contributed by atoms with E-state index >= 15 is 0 Å². The Morgan fingerprint density at radius 3 is 3.27 bits per heavy atom. The third-order valence-corrected chi connectivity index (χ3v) is 4.27. The summed E-state index contributed by atoms with van der Waals surface area (Å²) in [5, 5.41) is 4.77. The first kappa shape index (κ1) is 9.75. The van der Waals surface area contributed by atoms with Gasteiger partial charge in [0.1, 0.15) is 5.01 Å². The van der Waals surface area contributed by atoms with Crippen LogP contribution in [0.2, 0.25) is 0 Å². The lowest BCUT2D eigenvalue weighted by Crippen LogP contribution is -2.28. The molecule has 1 aliphatic heterocycles. The van der Waals surface area contributed by atoms with Gasteiger partial charge in [-0.1, -0.05) is 0 Å². The van der Waals surface area contributed by atoms with Crippen LogP contribution in [0.5, 0.6) is 0 Å². The van der Waals surface area contributed by atoms with Crippen LogP contribution in [0.3, 0.4) is 0 Å². The molecule has 3 nitrogen and oxygen atoms in total. The van der Waals surface area contributed by atoms with Gasteiger partial charge in [0.25, 0.3) is 0 Å². The molecule has 1 N–H and O–H groups in total. The Kier molecular flexibility index (Phi) is 2.73. The van der Waals surface area contributed by atoms with E-state index in [1.165, 1.54) is 34.8 Å². The summed E-state index contributed by atoms with van der Waals surface area (Å²) in [6.07, 6.45) is 4.89. The van der Waals surface area contributed by atoms with Crippen molar-refractivity contribution in [3.05, 3.63) is 15.6 Å². The smallest absolute Gasteiger partial charge is 0.107 e. The van der Waals surface area contributed by atoms with Gasteiger partial charge in [-0.2, -0.15) is 0 Å². The summed E-state index contributed by atoms with van der Waals surface area (Å²) < 4.78 is 5.33. The summed E-state index contributed by atoms with van der Waals surface area (Å²) in [6, 6.07) is 0.545. The van der Waals surface area contributed by atoms with Crippen LogP contribution in [0, 0.1) is 0 Å². The number of aromatic nitrogens is 1. The monoisotopic (exact) mass is 224 g/mol. The molecule has 4 heteroatoms. The van der Waals surface area contributed by atoms with E-state index in [0.29, 0.717) is 6.04 Å².